The number of carbonyl (C=O) groups excluding carboxylic acids is 2. The Balaban J connectivity index is 1.79. The van der Waals surface area contributed by atoms with E-state index < -0.39 is 0 Å². The van der Waals surface area contributed by atoms with Gasteiger partial charge in [0.25, 0.3) is 5.91 Å². The molecule has 1 aromatic heterocycles. The molecule has 1 fully saturated rings. The van der Waals surface area contributed by atoms with Crippen LogP contribution in [0.5, 0.6) is 0 Å². The molecule has 2 heterocycles. The molecular weight excluding hydrogens is 280 g/mol. The van der Waals surface area contributed by atoms with Gasteiger partial charge in [0, 0.05) is 45.7 Å². The van der Waals surface area contributed by atoms with Crippen molar-refractivity contribution in [1.82, 2.24) is 19.4 Å². The summed E-state index contributed by atoms with van der Waals surface area (Å²) in [5.41, 5.74) is 2.52. The van der Waals surface area contributed by atoms with E-state index in [1.165, 1.54) is 0 Å². The molecule has 0 radical (unpaired) electrons. The molecule has 1 aromatic carbocycles. The van der Waals surface area contributed by atoms with Crippen LogP contribution in [0.15, 0.2) is 18.2 Å². The lowest BCUT2D eigenvalue weighted by atomic mass is 10.1. The quantitative estimate of drug-likeness (QED) is 0.795. The largest absolute Gasteiger partial charge is 0.339 e. The van der Waals surface area contributed by atoms with Gasteiger partial charge in [0.05, 0.1) is 11.0 Å². The first-order valence-corrected chi connectivity index (χ1v) is 7.45. The highest BCUT2D eigenvalue weighted by molar-refractivity contribution is 5.97. The van der Waals surface area contributed by atoms with E-state index in [4.69, 9.17) is 0 Å². The number of hydrogen-bond acceptors (Lipinski definition) is 3. The van der Waals surface area contributed by atoms with E-state index in [1.54, 1.807) is 16.7 Å². The maximum absolute atomic E-state index is 12.6. The summed E-state index contributed by atoms with van der Waals surface area (Å²) < 4.78 is 2.01. The predicted octanol–water partition coefficient (Wildman–Crippen LogP) is 1.19. The normalized spacial score (nSPS) is 15.4. The molecule has 6 heteroatoms. The number of aryl methyl sites for hydroxylation is 2. The molecule has 6 nitrogen and oxygen atoms in total. The van der Waals surface area contributed by atoms with Crippen LogP contribution in [0, 0.1) is 6.92 Å². The molecule has 116 valence electrons. The third kappa shape index (κ3) is 2.45. The minimum Gasteiger partial charge on any atom is -0.339 e. The minimum absolute atomic E-state index is 0.00779. The third-order valence-electron chi connectivity index (χ3n) is 4.36. The van der Waals surface area contributed by atoms with E-state index in [0.29, 0.717) is 31.7 Å². The Morgan fingerprint density at radius 1 is 1.09 bits per heavy atom. The number of piperazine rings is 1. The van der Waals surface area contributed by atoms with Crippen molar-refractivity contribution in [1.29, 1.82) is 0 Å². The van der Waals surface area contributed by atoms with Crippen molar-refractivity contribution in [3.63, 3.8) is 0 Å². The smallest absolute Gasteiger partial charge is 0.254 e. The molecular formula is C16H20N4O2. The zero-order valence-corrected chi connectivity index (χ0v) is 13.2. The lowest BCUT2D eigenvalue weighted by molar-refractivity contribution is -0.130. The molecule has 1 aliphatic rings. The van der Waals surface area contributed by atoms with Gasteiger partial charge in [0.15, 0.2) is 0 Å². The third-order valence-corrected chi connectivity index (χ3v) is 4.36. The van der Waals surface area contributed by atoms with Crippen molar-refractivity contribution in [3.8, 4) is 0 Å². The van der Waals surface area contributed by atoms with Crippen LogP contribution in [-0.4, -0.2) is 57.3 Å². The summed E-state index contributed by atoms with van der Waals surface area (Å²) in [6.07, 6.45) is 0. The fourth-order valence-electron chi connectivity index (χ4n) is 2.86. The molecule has 22 heavy (non-hydrogen) atoms. The van der Waals surface area contributed by atoms with E-state index >= 15 is 0 Å². The Hall–Kier alpha value is -2.37. The van der Waals surface area contributed by atoms with Crippen LogP contribution in [0.2, 0.25) is 0 Å². The molecule has 2 aromatic rings. The number of nitrogens with zero attached hydrogens (tertiary/aromatic N) is 4. The highest BCUT2D eigenvalue weighted by atomic mass is 16.2. The van der Waals surface area contributed by atoms with E-state index in [1.807, 2.05) is 36.7 Å². The number of aromatic nitrogens is 2. The number of amides is 2. The van der Waals surface area contributed by atoms with Gasteiger partial charge in [-0.15, -0.1) is 0 Å². The first-order chi connectivity index (χ1) is 10.5. The summed E-state index contributed by atoms with van der Waals surface area (Å²) in [5, 5.41) is 0. The highest BCUT2D eigenvalue weighted by Crippen LogP contribution is 2.18. The molecule has 2 amide bonds. The summed E-state index contributed by atoms with van der Waals surface area (Å²) >= 11 is 0. The summed E-state index contributed by atoms with van der Waals surface area (Å²) in [4.78, 5) is 32.0. The van der Waals surface area contributed by atoms with Crippen molar-refractivity contribution in [3.05, 3.63) is 29.6 Å². The number of carbonyl (C=O) groups is 2. The topological polar surface area (TPSA) is 58.4 Å². The Bertz CT molecular complexity index is 742. The monoisotopic (exact) mass is 300 g/mol. The fraction of sp³-hybridized carbons (Fsp3) is 0.438. The van der Waals surface area contributed by atoms with Gasteiger partial charge < -0.3 is 14.4 Å². The van der Waals surface area contributed by atoms with Crippen molar-refractivity contribution in [2.75, 3.05) is 26.2 Å². The highest BCUT2D eigenvalue weighted by Gasteiger charge is 2.23. The van der Waals surface area contributed by atoms with Crippen molar-refractivity contribution < 1.29 is 9.59 Å². The first-order valence-electron chi connectivity index (χ1n) is 7.45. The minimum atomic E-state index is 0.00779. The van der Waals surface area contributed by atoms with Gasteiger partial charge in [0.1, 0.15) is 5.82 Å². The van der Waals surface area contributed by atoms with E-state index in [2.05, 4.69) is 4.98 Å². The first kappa shape index (κ1) is 14.6. The molecule has 0 unspecified atom stereocenters. The van der Waals surface area contributed by atoms with E-state index in [9.17, 15) is 9.59 Å². The van der Waals surface area contributed by atoms with Crippen molar-refractivity contribution in [2.45, 2.75) is 13.8 Å². The van der Waals surface area contributed by atoms with Crippen molar-refractivity contribution in [2.24, 2.45) is 7.05 Å². The lowest BCUT2D eigenvalue weighted by Crippen LogP contribution is -2.50. The van der Waals surface area contributed by atoms with Crippen molar-refractivity contribution >= 4 is 22.8 Å². The number of imidazole rings is 1. The Labute approximate surface area is 129 Å². The van der Waals surface area contributed by atoms with E-state index in [-0.39, 0.29) is 11.8 Å². The summed E-state index contributed by atoms with van der Waals surface area (Å²) in [6, 6.07) is 5.64. The van der Waals surface area contributed by atoms with Gasteiger partial charge in [0.2, 0.25) is 5.91 Å². The zero-order valence-electron chi connectivity index (χ0n) is 13.2. The molecule has 0 atom stereocenters. The Morgan fingerprint density at radius 2 is 1.73 bits per heavy atom. The maximum Gasteiger partial charge on any atom is 0.254 e. The number of benzene rings is 1. The van der Waals surface area contributed by atoms with E-state index in [0.717, 1.165) is 16.9 Å². The van der Waals surface area contributed by atoms with Gasteiger partial charge in [-0.2, -0.15) is 0 Å². The van der Waals surface area contributed by atoms with Crippen LogP contribution in [0.3, 0.4) is 0 Å². The average Bonchev–Trinajstić information content (AvgIpc) is 2.81. The summed E-state index contributed by atoms with van der Waals surface area (Å²) in [6.45, 7) is 5.88. The number of hydrogen-bond donors (Lipinski definition) is 0. The van der Waals surface area contributed by atoms with Gasteiger partial charge in [-0.05, 0) is 25.1 Å². The second kappa shape index (κ2) is 5.44. The summed E-state index contributed by atoms with van der Waals surface area (Å²) in [7, 11) is 1.97. The standard InChI is InChI=1S/C16H20N4O2/c1-11-17-14-10-13(4-5-15(14)18(11)3)16(22)20-8-6-19(7-9-20)12(2)21/h4-5,10H,6-9H2,1-3H3. The fourth-order valence-corrected chi connectivity index (χ4v) is 2.86. The Morgan fingerprint density at radius 3 is 2.36 bits per heavy atom. The van der Waals surface area contributed by atoms with Crippen LogP contribution in [0.25, 0.3) is 11.0 Å². The van der Waals surface area contributed by atoms with Crippen LogP contribution in [0.4, 0.5) is 0 Å². The van der Waals surface area contributed by atoms with Gasteiger partial charge in [-0.25, -0.2) is 4.98 Å². The maximum atomic E-state index is 12.6. The lowest BCUT2D eigenvalue weighted by Gasteiger charge is -2.34. The second-order valence-corrected chi connectivity index (χ2v) is 5.72. The van der Waals surface area contributed by atoms with Gasteiger partial charge >= 0.3 is 0 Å². The molecule has 0 bridgehead atoms. The van der Waals surface area contributed by atoms with Gasteiger partial charge in [-0.3, -0.25) is 9.59 Å². The van der Waals surface area contributed by atoms with Crippen LogP contribution >= 0.6 is 0 Å². The zero-order chi connectivity index (χ0) is 15.9. The molecule has 0 N–H and O–H groups in total. The number of rotatable bonds is 1. The average molecular weight is 300 g/mol. The SMILES string of the molecule is CC(=O)N1CCN(C(=O)c2ccc3c(c2)nc(C)n3C)CC1. The molecule has 0 saturated carbocycles. The summed E-state index contributed by atoms with van der Waals surface area (Å²) in [5.74, 6) is 1.00. The Kier molecular flexibility index (Phi) is 3.60. The predicted molar refractivity (Wildman–Crippen MR) is 83.6 cm³/mol. The second-order valence-electron chi connectivity index (χ2n) is 5.72. The van der Waals surface area contributed by atoms with Crippen LogP contribution in [0.1, 0.15) is 23.1 Å². The number of fused-ring (bicyclic) bond motifs is 1. The molecule has 0 spiro atoms. The van der Waals surface area contributed by atoms with Gasteiger partial charge in [-0.1, -0.05) is 0 Å². The molecule has 1 aliphatic heterocycles. The van der Waals surface area contributed by atoms with Crippen LogP contribution in [-0.2, 0) is 11.8 Å². The molecule has 0 aliphatic carbocycles. The molecule has 3 rings (SSSR count). The van der Waals surface area contributed by atoms with Crippen LogP contribution < -0.4 is 0 Å². The molecule has 1 saturated heterocycles.